The van der Waals surface area contributed by atoms with Crippen LogP contribution in [0.1, 0.15) is 60.8 Å². The molecule has 0 aromatic carbocycles. The lowest BCUT2D eigenvalue weighted by molar-refractivity contribution is -0.370. The molecule has 2 heterocycles. The summed E-state index contributed by atoms with van der Waals surface area (Å²) in [4.78, 5) is 54.9. The number of piperazine rings is 1. The zero-order valence-corrected chi connectivity index (χ0v) is 27.9. The molecule has 4 rings (SSSR count). The fourth-order valence-corrected chi connectivity index (χ4v) is 8.33. The summed E-state index contributed by atoms with van der Waals surface area (Å²) in [5.41, 5.74) is -7.82. The van der Waals surface area contributed by atoms with Crippen molar-refractivity contribution in [3.8, 4) is 0 Å². The number of amides is 1. The van der Waals surface area contributed by atoms with E-state index < -0.39 is 82.3 Å². The van der Waals surface area contributed by atoms with Crippen LogP contribution in [0.15, 0.2) is 12.7 Å². The van der Waals surface area contributed by atoms with Crippen LogP contribution in [0.3, 0.4) is 0 Å². The van der Waals surface area contributed by atoms with Gasteiger partial charge in [-0.1, -0.05) is 26.8 Å². The second kappa shape index (κ2) is 13.1. The van der Waals surface area contributed by atoms with Gasteiger partial charge in [0.1, 0.15) is 5.60 Å². The van der Waals surface area contributed by atoms with Crippen molar-refractivity contribution in [1.82, 2.24) is 9.80 Å². The zero-order valence-electron chi connectivity index (χ0n) is 27.1. The number of Topliss-reactive ketones (excluding diaryl/α,β-unsaturated/α-hetero) is 1. The van der Waals surface area contributed by atoms with Gasteiger partial charge in [0.2, 0.25) is 0 Å². The number of esters is 2. The molecule has 1 amide bonds. The van der Waals surface area contributed by atoms with Gasteiger partial charge in [-0.3, -0.25) is 14.5 Å². The predicted octanol–water partition coefficient (Wildman–Crippen LogP) is 1.24. The number of nitrogens with zero attached hydrogens (tertiary/aromatic N) is 2. The van der Waals surface area contributed by atoms with Crippen molar-refractivity contribution < 1.29 is 53.4 Å². The lowest BCUT2D eigenvalue weighted by Gasteiger charge is -2.71. The minimum atomic E-state index is -2.35. The van der Waals surface area contributed by atoms with Gasteiger partial charge in [-0.25, -0.2) is 9.59 Å². The molecule has 256 valence electrons. The van der Waals surface area contributed by atoms with Crippen LogP contribution in [0.2, 0.25) is 0 Å². The third kappa shape index (κ3) is 6.12. The van der Waals surface area contributed by atoms with Crippen LogP contribution >= 0.6 is 12.4 Å². The number of hydrogen-bond acceptors (Lipinski definition) is 12. The monoisotopic (exact) mass is 660 g/mol. The Morgan fingerprint density at radius 1 is 1.04 bits per heavy atom. The van der Waals surface area contributed by atoms with Crippen LogP contribution in [-0.4, -0.2) is 130 Å². The lowest BCUT2D eigenvalue weighted by Crippen LogP contribution is -2.86. The molecule has 0 aromatic heterocycles. The normalized spacial score (nSPS) is 39.4. The van der Waals surface area contributed by atoms with Crippen LogP contribution in [0, 0.1) is 16.7 Å². The van der Waals surface area contributed by atoms with Gasteiger partial charge in [-0.15, -0.1) is 19.0 Å². The van der Waals surface area contributed by atoms with E-state index in [-0.39, 0.29) is 38.4 Å². The maximum absolute atomic E-state index is 14.0. The fourth-order valence-electron chi connectivity index (χ4n) is 8.33. The summed E-state index contributed by atoms with van der Waals surface area (Å²) in [5.74, 6) is -3.17. The van der Waals surface area contributed by atoms with Gasteiger partial charge in [0.05, 0.1) is 31.0 Å². The topological polar surface area (TPSA) is 172 Å². The quantitative estimate of drug-likeness (QED) is 0.203. The van der Waals surface area contributed by atoms with Crippen molar-refractivity contribution in [2.24, 2.45) is 16.7 Å². The third-order valence-electron chi connectivity index (χ3n) is 10.6. The Morgan fingerprint density at radius 3 is 2.24 bits per heavy atom. The number of hydrogen-bond donors (Lipinski definition) is 3. The van der Waals surface area contributed by atoms with Crippen LogP contribution in [0.4, 0.5) is 4.79 Å². The minimum Gasteiger partial charge on any atom is -0.454 e. The van der Waals surface area contributed by atoms with Crippen LogP contribution in [0.5, 0.6) is 0 Å². The fraction of sp³-hybridized carbons (Fsp3) is 0.806. The van der Waals surface area contributed by atoms with Crippen LogP contribution in [-0.2, 0) is 33.3 Å². The van der Waals surface area contributed by atoms with E-state index in [1.54, 1.807) is 30.6 Å². The molecule has 4 aliphatic rings. The molecule has 2 aliphatic carbocycles. The molecule has 2 saturated carbocycles. The van der Waals surface area contributed by atoms with Gasteiger partial charge in [0.25, 0.3) is 0 Å². The number of rotatable bonds is 7. The molecule has 0 spiro atoms. The molecular formula is C31H49ClN2O11. The van der Waals surface area contributed by atoms with Crippen molar-refractivity contribution in [3.63, 3.8) is 0 Å². The second-order valence-electron chi connectivity index (χ2n) is 13.9. The van der Waals surface area contributed by atoms with E-state index in [1.165, 1.54) is 13.0 Å². The molecule has 2 saturated heterocycles. The molecular weight excluding hydrogens is 612 g/mol. The van der Waals surface area contributed by atoms with Crippen molar-refractivity contribution >= 4 is 36.2 Å². The van der Waals surface area contributed by atoms with Gasteiger partial charge in [0.15, 0.2) is 24.1 Å². The summed E-state index contributed by atoms with van der Waals surface area (Å²) in [6.07, 6.45) is -2.61. The Bertz CT molecular complexity index is 1180. The number of carbonyl (C=O) groups excluding carboxylic acids is 4. The molecule has 0 bridgehead atoms. The van der Waals surface area contributed by atoms with Gasteiger partial charge in [0, 0.05) is 43.9 Å². The Morgan fingerprint density at radius 2 is 1.67 bits per heavy atom. The number of aliphatic hydroxyl groups is 3. The van der Waals surface area contributed by atoms with Crippen LogP contribution < -0.4 is 0 Å². The number of carbonyl (C=O) groups is 4. The number of aliphatic hydroxyl groups excluding tert-OH is 2. The Kier molecular flexibility index (Phi) is 10.8. The molecule has 0 unspecified atom stereocenters. The highest BCUT2D eigenvalue weighted by Crippen LogP contribution is 2.67. The molecule has 14 heteroatoms. The summed E-state index contributed by atoms with van der Waals surface area (Å²) in [6, 6.07) is 0. The molecule has 2 aliphatic heterocycles. The minimum absolute atomic E-state index is 0. The predicted molar refractivity (Wildman–Crippen MR) is 162 cm³/mol. The van der Waals surface area contributed by atoms with Gasteiger partial charge < -0.3 is 39.2 Å². The van der Waals surface area contributed by atoms with Crippen molar-refractivity contribution in [2.45, 2.75) is 95.9 Å². The highest BCUT2D eigenvalue weighted by atomic mass is 35.5. The number of halogens is 1. The summed E-state index contributed by atoms with van der Waals surface area (Å²) in [5, 5.41) is 35.8. The Balaban J connectivity index is 0.00000552. The zero-order chi connectivity index (χ0) is 32.9. The smallest absolute Gasteiger partial charge is 0.409 e. The van der Waals surface area contributed by atoms with E-state index in [0.717, 1.165) is 0 Å². The van der Waals surface area contributed by atoms with E-state index >= 15 is 0 Å². The van der Waals surface area contributed by atoms with E-state index in [4.69, 9.17) is 18.9 Å². The Hall–Kier alpha value is -2.29. The number of fused-ring (bicyclic) bond motifs is 3. The molecule has 45 heavy (non-hydrogen) atoms. The van der Waals surface area contributed by atoms with E-state index in [2.05, 4.69) is 6.58 Å². The van der Waals surface area contributed by atoms with Crippen molar-refractivity contribution in [1.29, 1.82) is 0 Å². The SMILES string of the molecule is C=C[C@@]1(C)CC(=O)[C@]2(O)[C@@]3(C)[C@@H](O)CCC(C)(C)[C@@H]3[C@H](O)[C@H](OC(=O)COC(=O)CN3CCN(C(=O)OCC)CC3)[C@@]2(C)O1.Cl. The van der Waals surface area contributed by atoms with Crippen molar-refractivity contribution in [2.75, 3.05) is 45.9 Å². The highest BCUT2D eigenvalue weighted by Gasteiger charge is 2.81. The largest absolute Gasteiger partial charge is 0.454 e. The second-order valence-corrected chi connectivity index (χ2v) is 13.9. The molecule has 3 N–H and O–H groups in total. The lowest BCUT2D eigenvalue weighted by atomic mass is 9.40. The van der Waals surface area contributed by atoms with E-state index in [1.807, 2.05) is 13.8 Å². The summed E-state index contributed by atoms with van der Waals surface area (Å²) < 4.78 is 22.3. The van der Waals surface area contributed by atoms with Crippen LogP contribution in [0.25, 0.3) is 0 Å². The maximum atomic E-state index is 14.0. The van der Waals surface area contributed by atoms with E-state index in [0.29, 0.717) is 32.6 Å². The highest BCUT2D eigenvalue weighted by molar-refractivity contribution is 5.92. The summed E-state index contributed by atoms with van der Waals surface area (Å²) >= 11 is 0. The first kappa shape index (κ1) is 37.2. The molecule has 0 radical (unpaired) electrons. The van der Waals surface area contributed by atoms with Crippen molar-refractivity contribution in [3.05, 3.63) is 12.7 Å². The van der Waals surface area contributed by atoms with Gasteiger partial charge in [-0.05, 0) is 39.0 Å². The number of ether oxygens (including phenoxy) is 4. The standard InChI is InChI=1S/C31H48N2O11.ClH/c1-8-28(5)16-20(35)31(40)29(6)19(34)10-11-27(3,4)24(29)23(38)25(30(31,7)44-28)43-22(37)18-42-21(36)17-32-12-14-33(15-13-32)26(39)41-9-2;/h8,19,23-25,34,38,40H,1,9-18H2,2-7H3;1H/t19-,23-,24-,25-,28-,29-,30+,31-;/m0./s1. The molecule has 4 fully saturated rings. The summed E-state index contributed by atoms with van der Waals surface area (Å²) in [6.45, 7) is 14.8. The molecule has 8 atom stereocenters. The van der Waals surface area contributed by atoms with E-state index in [9.17, 15) is 34.5 Å². The average Bonchev–Trinajstić information content (AvgIpc) is 2.95. The third-order valence-corrected chi connectivity index (χ3v) is 10.6. The van der Waals surface area contributed by atoms with Gasteiger partial charge >= 0.3 is 18.0 Å². The molecule has 13 nitrogen and oxygen atoms in total. The first-order valence-corrected chi connectivity index (χ1v) is 15.3. The average molecular weight is 661 g/mol. The summed E-state index contributed by atoms with van der Waals surface area (Å²) in [7, 11) is 0. The molecule has 0 aromatic rings. The first-order chi connectivity index (χ1) is 20.4. The van der Waals surface area contributed by atoms with Gasteiger partial charge in [-0.2, -0.15) is 0 Å². The number of ketones is 1. The first-order valence-electron chi connectivity index (χ1n) is 15.3. The Labute approximate surface area is 270 Å². The maximum Gasteiger partial charge on any atom is 0.409 e.